The predicted molar refractivity (Wildman–Crippen MR) is 52.9 cm³/mol. The zero-order valence-corrected chi connectivity index (χ0v) is 12.2. The molecule has 0 unspecified atom stereocenters. The van der Waals surface area contributed by atoms with Gasteiger partial charge in [0.2, 0.25) is 0 Å². The fourth-order valence-corrected chi connectivity index (χ4v) is 0. The number of hydrogen-bond donors (Lipinski definition) is 0. The second-order valence-corrected chi connectivity index (χ2v) is 6.07. The molecule has 1 radical (unpaired) electrons. The van der Waals surface area contributed by atoms with Crippen molar-refractivity contribution in [1.82, 2.24) is 0 Å². The molecule has 0 aliphatic heterocycles. The van der Waals surface area contributed by atoms with E-state index in [4.69, 9.17) is 0 Å². The van der Waals surface area contributed by atoms with Crippen molar-refractivity contribution in [1.29, 1.82) is 0 Å². The third kappa shape index (κ3) is 505. The zero-order chi connectivity index (χ0) is 9.91. The summed E-state index contributed by atoms with van der Waals surface area (Å²) in [5.74, 6) is 0. The maximum atomic E-state index is 9.29. The van der Waals surface area contributed by atoms with Crippen molar-refractivity contribution in [3.05, 3.63) is 12.8 Å². The average molecular weight is 309 g/mol. The van der Waals surface area contributed by atoms with Crippen molar-refractivity contribution in [2.24, 2.45) is 0 Å². The summed E-state index contributed by atoms with van der Waals surface area (Å²) in [7, 11) is 0. The van der Waals surface area contributed by atoms with Gasteiger partial charge in [-0.05, 0) is 0 Å². The van der Waals surface area contributed by atoms with E-state index in [2.05, 4.69) is 24.1 Å². The molecule has 2 nitrogen and oxygen atoms in total. The molecule has 0 saturated carbocycles. The number of hydrogen-bond acceptors (Lipinski definition) is 4. The van der Waals surface area contributed by atoms with Crippen LogP contribution in [0.2, 0.25) is 0 Å². The van der Waals surface area contributed by atoms with Gasteiger partial charge < -0.3 is 40.6 Å². The molecule has 0 aliphatic carbocycles. The van der Waals surface area contributed by atoms with E-state index in [0.29, 0.717) is 0 Å². The molecule has 0 atom stereocenters. The van der Waals surface area contributed by atoms with Gasteiger partial charge in [-0.15, -0.1) is 0 Å². The van der Waals surface area contributed by atoms with Gasteiger partial charge in [0, 0.05) is 0 Å². The maximum Gasteiger partial charge on any atom is 3.00 e. The van der Waals surface area contributed by atoms with Gasteiger partial charge in [-0.3, -0.25) is 0 Å². The van der Waals surface area contributed by atoms with E-state index in [1.807, 2.05) is 40.5 Å². The molecule has 0 aromatic heterocycles. The Morgan fingerprint density at radius 3 is 1.08 bits per heavy atom. The van der Waals surface area contributed by atoms with Crippen molar-refractivity contribution >= 4 is 29.7 Å². The predicted octanol–water partition coefficient (Wildman–Crippen LogP) is 0.937. The SMILES string of the molecule is C[CH-]C.C[CH-]C.[Mo+3].[O-]P([O-])(=S)[S-]. The normalized spacial score (nSPS) is 7.92. The average Bonchev–Trinajstić information content (AvgIpc) is 1.62. The van der Waals surface area contributed by atoms with E-state index in [1.54, 1.807) is 0 Å². The van der Waals surface area contributed by atoms with E-state index < -0.39 is 5.69 Å². The largest absolute Gasteiger partial charge is 3.00 e. The van der Waals surface area contributed by atoms with Gasteiger partial charge in [0.1, 0.15) is 0 Å². The zero-order valence-electron chi connectivity index (χ0n) is 7.64. The van der Waals surface area contributed by atoms with E-state index >= 15 is 0 Å². The summed E-state index contributed by atoms with van der Waals surface area (Å²) in [5, 5.41) is 0. The molecule has 0 N–H and O–H groups in total. The van der Waals surface area contributed by atoms with Crippen molar-refractivity contribution in [2.45, 2.75) is 27.7 Å². The monoisotopic (exact) mass is 311 g/mol. The molecule has 6 heteroatoms. The van der Waals surface area contributed by atoms with Crippen LogP contribution in [0.25, 0.3) is 0 Å². The van der Waals surface area contributed by atoms with E-state index in [0.717, 1.165) is 0 Å². The molecule has 0 rings (SSSR count). The van der Waals surface area contributed by atoms with Crippen molar-refractivity contribution in [3.63, 3.8) is 0 Å². The topological polar surface area (TPSA) is 46.1 Å². The minimum atomic E-state index is -3.72. The summed E-state index contributed by atoms with van der Waals surface area (Å²) in [6.45, 7) is 8.00. The molecule has 0 aromatic carbocycles. The fraction of sp³-hybridized carbons (Fsp3) is 0.667. The Balaban J connectivity index is -0.0000000406. The van der Waals surface area contributed by atoms with Crippen LogP contribution in [0.4, 0.5) is 0 Å². The summed E-state index contributed by atoms with van der Waals surface area (Å²) in [4.78, 5) is 18.6. The van der Waals surface area contributed by atoms with Gasteiger partial charge in [0.15, 0.2) is 0 Å². The van der Waals surface area contributed by atoms with Crippen molar-refractivity contribution < 1.29 is 30.9 Å². The second kappa shape index (κ2) is 18.4. The smallest absolute Gasteiger partial charge is 0.850 e. The Morgan fingerprint density at radius 2 is 1.08 bits per heavy atom. The molecule has 0 amide bonds. The fourth-order valence-electron chi connectivity index (χ4n) is 0. The van der Waals surface area contributed by atoms with Crippen LogP contribution in [-0.4, -0.2) is 0 Å². The van der Waals surface area contributed by atoms with Gasteiger partial charge >= 0.3 is 21.1 Å². The van der Waals surface area contributed by atoms with Gasteiger partial charge in [-0.1, -0.05) is 0 Å². The minimum Gasteiger partial charge on any atom is -0.850 e. The van der Waals surface area contributed by atoms with E-state index in [9.17, 15) is 9.79 Å². The summed E-state index contributed by atoms with van der Waals surface area (Å²) < 4.78 is 0. The molecular weight excluding hydrogens is 295 g/mol. The molecule has 0 spiro atoms. The third-order valence-electron chi connectivity index (χ3n) is 0. The Morgan fingerprint density at radius 1 is 1.08 bits per heavy atom. The molecule has 0 aliphatic rings. The molecule has 0 bridgehead atoms. The van der Waals surface area contributed by atoms with Crippen LogP contribution < -0.4 is 9.79 Å². The number of rotatable bonds is 0. The van der Waals surface area contributed by atoms with E-state index in [-0.39, 0.29) is 21.1 Å². The van der Waals surface area contributed by atoms with Gasteiger partial charge in [-0.25, -0.2) is 0 Å². The summed E-state index contributed by atoms with van der Waals surface area (Å²) in [5.41, 5.74) is -3.72. The van der Waals surface area contributed by atoms with Crippen LogP contribution in [-0.2, 0) is 45.1 Å². The molecule has 12 heavy (non-hydrogen) atoms. The first-order valence-electron chi connectivity index (χ1n) is 3.04. The molecule has 0 aromatic rings. The molecule has 0 fully saturated rings. The van der Waals surface area contributed by atoms with Crippen LogP contribution in [0.5, 0.6) is 0 Å². The Bertz CT molecular complexity index is 87.3. The second-order valence-electron chi connectivity index (χ2n) is 1.60. The Labute approximate surface area is 101 Å². The molecular formula is C6H14MoO2PS2-2. The Hall–Kier alpha value is 1.61. The molecule has 0 heterocycles. The first-order valence-corrected chi connectivity index (χ1v) is 6.69. The van der Waals surface area contributed by atoms with Crippen molar-refractivity contribution in [3.8, 4) is 0 Å². The quantitative estimate of drug-likeness (QED) is 0.289. The summed E-state index contributed by atoms with van der Waals surface area (Å²) in [6, 6.07) is 0. The van der Waals surface area contributed by atoms with E-state index in [1.165, 1.54) is 0 Å². The maximum absolute atomic E-state index is 9.29. The van der Waals surface area contributed by atoms with Crippen LogP contribution in [0.15, 0.2) is 0 Å². The molecule has 75 valence electrons. The van der Waals surface area contributed by atoms with Crippen LogP contribution in [0.1, 0.15) is 27.7 Å². The van der Waals surface area contributed by atoms with Gasteiger partial charge in [-0.2, -0.15) is 39.5 Å². The van der Waals surface area contributed by atoms with Crippen LogP contribution in [0.3, 0.4) is 0 Å². The summed E-state index contributed by atoms with van der Waals surface area (Å²) in [6.07, 6.45) is 4.00. The van der Waals surface area contributed by atoms with Crippen molar-refractivity contribution in [2.75, 3.05) is 0 Å². The first-order chi connectivity index (χ1) is 4.83. The minimum absolute atomic E-state index is 0. The van der Waals surface area contributed by atoms with Crippen LogP contribution >= 0.6 is 5.69 Å². The van der Waals surface area contributed by atoms with Crippen LogP contribution in [0, 0.1) is 12.8 Å². The van der Waals surface area contributed by atoms with Gasteiger partial charge in [0.25, 0.3) is 0 Å². The standard InChI is InChI=1S/2C3H7.Mo.H3O2PS2/c2*1-3-2;;1-3(2,4)5/h2*3H,1-2H3;;(H3,1,2,4,5)/q2*-1;+3;/p-3. The third-order valence-corrected chi connectivity index (χ3v) is 0. The first kappa shape index (κ1) is 23.4. The Kier molecular flexibility index (Phi) is 35.9. The molecule has 0 saturated heterocycles. The summed E-state index contributed by atoms with van der Waals surface area (Å²) >= 11 is 7.28. The van der Waals surface area contributed by atoms with Gasteiger partial charge in [0.05, 0.1) is 0 Å².